The monoisotopic (exact) mass is 235 g/mol. The van der Waals surface area contributed by atoms with Gasteiger partial charge in [-0.15, -0.1) is 0 Å². The van der Waals surface area contributed by atoms with Crippen molar-refractivity contribution in [1.29, 1.82) is 0 Å². The zero-order valence-corrected chi connectivity index (χ0v) is 9.93. The molecule has 16 heavy (non-hydrogen) atoms. The number of rotatable bonds is 2. The third-order valence-electron chi connectivity index (χ3n) is 2.11. The van der Waals surface area contributed by atoms with Crippen LogP contribution in [0.5, 0.6) is 0 Å². The number of H-pyrrole nitrogens is 1. The number of nitrogens with one attached hydrogen (secondary N) is 1. The number of aromatic amines is 1. The van der Waals surface area contributed by atoms with Crippen LogP contribution in [-0.4, -0.2) is 15.9 Å². The molecule has 6 heteroatoms. The molecule has 0 aliphatic carbocycles. The summed E-state index contributed by atoms with van der Waals surface area (Å²) in [6.07, 6.45) is 1.93. The van der Waals surface area contributed by atoms with Crippen LogP contribution in [0.25, 0.3) is 11.3 Å². The Labute approximate surface area is 97.2 Å². The SMILES string of the molecule is Cc1cc(-c2nc(N=C(N)N)sc2C)c[nH]1. The Kier molecular flexibility index (Phi) is 2.66. The Hall–Kier alpha value is -1.82. The van der Waals surface area contributed by atoms with Gasteiger partial charge in [-0.1, -0.05) is 11.3 Å². The van der Waals surface area contributed by atoms with Crippen LogP contribution in [0.15, 0.2) is 17.3 Å². The lowest BCUT2D eigenvalue weighted by atomic mass is 10.2. The second-order valence-electron chi connectivity index (χ2n) is 3.51. The van der Waals surface area contributed by atoms with E-state index in [9.17, 15) is 0 Å². The van der Waals surface area contributed by atoms with Gasteiger partial charge in [0.05, 0.1) is 5.69 Å². The van der Waals surface area contributed by atoms with Crippen LogP contribution < -0.4 is 11.5 Å². The molecular weight excluding hydrogens is 222 g/mol. The summed E-state index contributed by atoms with van der Waals surface area (Å²) in [5, 5.41) is 0.589. The number of aliphatic imine (C=N–C) groups is 1. The van der Waals surface area contributed by atoms with E-state index >= 15 is 0 Å². The second kappa shape index (κ2) is 3.97. The van der Waals surface area contributed by atoms with Crippen molar-refractivity contribution in [3.05, 3.63) is 22.8 Å². The van der Waals surface area contributed by atoms with Crippen molar-refractivity contribution >= 4 is 22.4 Å². The highest BCUT2D eigenvalue weighted by molar-refractivity contribution is 7.15. The summed E-state index contributed by atoms with van der Waals surface area (Å²) in [5.74, 6) is 0.0329. The van der Waals surface area contributed by atoms with Crippen molar-refractivity contribution < 1.29 is 0 Å². The molecule has 2 aromatic rings. The quantitative estimate of drug-likeness (QED) is 0.546. The molecule has 0 saturated carbocycles. The first-order chi connectivity index (χ1) is 7.56. The normalized spacial score (nSPS) is 10.4. The highest BCUT2D eigenvalue weighted by Gasteiger charge is 2.10. The predicted octanol–water partition coefficient (Wildman–Crippen LogP) is 1.66. The van der Waals surface area contributed by atoms with E-state index in [1.165, 1.54) is 11.3 Å². The maximum absolute atomic E-state index is 5.31. The zero-order chi connectivity index (χ0) is 11.7. The summed E-state index contributed by atoms with van der Waals surface area (Å²) in [4.78, 5) is 12.5. The molecule has 0 fully saturated rings. The predicted molar refractivity (Wildman–Crippen MR) is 66.8 cm³/mol. The summed E-state index contributed by atoms with van der Waals surface area (Å²) in [5.41, 5.74) is 13.7. The Morgan fingerprint density at radius 1 is 1.44 bits per heavy atom. The fraction of sp³-hybridized carbons (Fsp3) is 0.200. The van der Waals surface area contributed by atoms with Crippen molar-refractivity contribution in [2.75, 3.05) is 0 Å². The van der Waals surface area contributed by atoms with Gasteiger partial charge in [0.25, 0.3) is 0 Å². The largest absolute Gasteiger partial charge is 0.370 e. The number of hydrogen-bond acceptors (Lipinski definition) is 3. The third kappa shape index (κ3) is 2.06. The number of nitrogens with two attached hydrogens (primary N) is 2. The van der Waals surface area contributed by atoms with Gasteiger partial charge in [0.2, 0.25) is 5.13 Å². The number of thiazole rings is 1. The molecule has 5 N–H and O–H groups in total. The van der Waals surface area contributed by atoms with Crippen LogP contribution >= 0.6 is 11.3 Å². The Morgan fingerprint density at radius 3 is 2.75 bits per heavy atom. The summed E-state index contributed by atoms with van der Waals surface area (Å²) in [7, 11) is 0. The van der Waals surface area contributed by atoms with Crippen molar-refractivity contribution in [3.8, 4) is 11.3 Å². The van der Waals surface area contributed by atoms with Crippen LogP contribution in [0.4, 0.5) is 5.13 Å². The molecule has 0 radical (unpaired) electrons. The maximum Gasteiger partial charge on any atom is 0.213 e. The van der Waals surface area contributed by atoms with Gasteiger partial charge in [-0.3, -0.25) is 0 Å². The minimum absolute atomic E-state index is 0.0329. The van der Waals surface area contributed by atoms with Gasteiger partial charge in [-0.2, -0.15) is 4.99 Å². The molecule has 0 saturated heterocycles. The lowest BCUT2D eigenvalue weighted by Crippen LogP contribution is -2.21. The lowest BCUT2D eigenvalue weighted by Gasteiger charge is -1.90. The second-order valence-corrected chi connectivity index (χ2v) is 4.69. The molecule has 0 aromatic carbocycles. The van der Waals surface area contributed by atoms with Gasteiger partial charge in [0, 0.05) is 22.3 Å². The molecule has 0 bridgehead atoms. The molecule has 2 heterocycles. The molecule has 0 atom stereocenters. The highest BCUT2D eigenvalue weighted by Crippen LogP contribution is 2.31. The fourth-order valence-corrected chi connectivity index (χ4v) is 2.28. The standard InChI is InChI=1S/C10H13N5S/c1-5-3-7(4-13-5)8-6(2)16-10(14-8)15-9(11)12/h3-4,13H,1-2H3,(H4,11,12,14,15). The van der Waals surface area contributed by atoms with Crippen molar-refractivity contribution in [1.82, 2.24) is 9.97 Å². The fourth-order valence-electron chi connectivity index (χ4n) is 1.45. The van der Waals surface area contributed by atoms with Crippen LogP contribution in [0.3, 0.4) is 0 Å². The first kappa shape index (κ1) is 10.7. The minimum atomic E-state index is 0.0329. The summed E-state index contributed by atoms with van der Waals surface area (Å²) < 4.78 is 0. The van der Waals surface area contributed by atoms with E-state index in [2.05, 4.69) is 15.0 Å². The number of aromatic nitrogens is 2. The molecular formula is C10H13N5S. The van der Waals surface area contributed by atoms with Crippen LogP contribution in [0.2, 0.25) is 0 Å². The van der Waals surface area contributed by atoms with Gasteiger partial charge in [0.15, 0.2) is 5.96 Å². The van der Waals surface area contributed by atoms with E-state index in [0.717, 1.165) is 21.8 Å². The topological polar surface area (TPSA) is 93.1 Å². The van der Waals surface area contributed by atoms with Crippen LogP contribution in [0, 0.1) is 13.8 Å². The van der Waals surface area contributed by atoms with Gasteiger partial charge in [0.1, 0.15) is 0 Å². The number of hydrogen-bond donors (Lipinski definition) is 3. The molecule has 84 valence electrons. The summed E-state index contributed by atoms with van der Waals surface area (Å²) in [6, 6.07) is 2.04. The van der Waals surface area contributed by atoms with E-state index < -0.39 is 0 Å². The molecule has 0 amide bonds. The minimum Gasteiger partial charge on any atom is -0.370 e. The average Bonchev–Trinajstić information content (AvgIpc) is 2.72. The van der Waals surface area contributed by atoms with Crippen molar-refractivity contribution in [3.63, 3.8) is 0 Å². The lowest BCUT2D eigenvalue weighted by molar-refractivity contribution is 1.27. The van der Waals surface area contributed by atoms with Gasteiger partial charge < -0.3 is 16.5 Å². The van der Waals surface area contributed by atoms with Crippen molar-refractivity contribution in [2.45, 2.75) is 13.8 Å². The van der Waals surface area contributed by atoms with E-state index in [1.54, 1.807) is 0 Å². The number of aryl methyl sites for hydroxylation is 2. The van der Waals surface area contributed by atoms with E-state index in [-0.39, 0.29) is 5.96 Å². The molecule has 5 nitrogen and oxygen atoms in total. The van der Waals surface area contributed by atoms with E-state index in [1.807, 2.05) is 26.1 Å². The van der Waals surface area contributed by atoms with Gasteiger partial charge in [-0.05, 0) is 19.9 Å². The molecule has 2 aromatic heterocycles. The number of guanidine groups is 1. The Morgan fingerprint density at radius 2 is 2.19 bits per heavy atom. The molecule has 0 aliphatic heterocycles. The van der Waals surface area contributed by atoms with E-state index in [4.69, 9.17) is 11.5 Å². The van der Waals surface area contributed by atoms with Gasteiger partial charge >= 0.3 is 0 Å². The van der Waals surface area contributed by atoms with Gasteiger partial charge in [-0.25, -0.2) is 4.98 Å². The summed E-state index contributed by atoms with van der Waals surface area (Å²) >= 11 is 1.47. The maximum atomic E-state index is 5.31. The zero-order valence-electron chi connectivity index (χ0n) is 9.11. The van der Waals surface area contributed by atoms with Crippen LogP contribution in [0.1, 0.15) is 10.6 Å². The first-order valence-corrected chi connectivity index (χ1v) is 5.60. The molecule has 0 aliphatic rings. The number of nitrogens with zero attached hydrogens (tertiary/aromatic N) is 2. The molecule has 0 spiro atoms. The average molecular weight is 235 g/mol. The molecule has 0 unspecified atom stereocenters. The summed E-state index contributed by atoms with van der Waals surface area (Å²) in [6.45, 7) is 4.00. The third-order valence-corrected chi connectivity index (χ3v) is 2.98. The smallest absolute Gasteiger partial charge is 0.213 e. The first-order valence-electron chi connectivity index (χ1n) is 4.78. The highest BCUT2D eigenvalue weighted by atomic mass is 32.1. The molecule has 2 rings (SSSR count). The van der Waals surface area contributed by atoms with Crippen LogP contribution in [-0.2, 0) is 0 Å². The van der Waals surface area contributed by atoms with E-state index in [0.29, 0.717) is 5.13 Å². The Bertz CT molecular complexity index is 533. The van der Waals surface area contributed by atoms with Crippen molar-refractivity contribution in [2.24, 2.45) is 16.5 Å². The Balaban J connectivity index is 2.43.